The van der Waals surface area contributed by atoms with E-state index in [1.807, 2.05) is 12.1 Å². The van der Waals surface area contributed by atoms with E-state index >= 15 is 0 Å². The lowest BCUT2D eigenvalue weighted by atomic mass is 9.81. The van der Waals surface area contributed by atoms with Gasteiger partial charge in [-0.2, -0.15) is 4.58 Å². The molecule has 3 aliphatic rings. The van der Waals surface area contributed by atoms with E-state index in [0.29, 0.717) is 0 Å². The predicted molar refractivity (Wildman–Crippen MR) is 219 cm³/mol. The zero-order chi connectivity index (χ0) is 35.8. The first kappa shape index (κ1) is 34.6. The SMILES string of the molecule is CCN1C(=CC=C2CCCC(C=CC3=[N+](CC)c4ccc(Nc5ccccc5)cc4C3(C)C)=C2Cl)C(C)(C)c2cc(Nc3ccccc3)ccc21. The Kier molecular flexibility index (Phi) is 9.56. The molecule has 51 heavy (non-hydrogen) atoms. The maximum absolute atomic E-state index is 7.25. The van der Waals surface area contributed by atoms with Crippen molar-refractivity contribution in [2.75, 3.05) is 28.6 Å². The molecule has 0 fully saturated rings. The molecule has 0 radical (unpaired) electrons. The maximum Gasteiger partial charge on any atom is 0.209 e. The average Bonchev–Trinajstić information content (AvgIpc) is 3.48. The van der Waals surface area contributed by atoms with Gasteiger partial charge in [0.05, 0.1) is 5.41 Å². The van der Waals surface area contributed by atoms with Crippen LogP contribution in [-0.2, 0) is 10.8 Å². The average molecular weight is 694 g/mol. The third kappa shape index (κ3) is 6.58. The third-order valence-corrected chi connectivity index (χ3v) is 11.4. The van der Waals surface area contributed by atoms with E-state index in [1.54, 1.807) is 0 Å². The molecule has 0 saturated carbocycles. The highest BCUT2D eigenvalue weighted by Gasteiger charge is 2.44. The van der Waals surface area contributed by atoms with Crippen LogP contribution in [-0.4, -0.2) is 23.4 Å². The summed E-state index contributed by atoms with van der Waals surface area (Å²) in [6.45, 7) is 15.6. The van der Waals surface area contributed by atoms with Gasteiger partial charge in [0.25, 0.3) is 0 Å². The first-order valence-corrected chi connectivity index (χ1v) is 18.8. The molecule has 0 amide bonds. The number of nitrogens with zero attached hydrogens (tertiary/aromatic N) is 2. The fraction of sp³-hybridized carbons (Fsp3) is 0.283. The number of rotatable bonds is 9. The number of hydrogen-bond donors (Lipinski definition) is 2. The van der Waals surface area contributed by atoms with Gasteiger partial charge in [-0.1, -0.05) is 74.0 Å². The molecule has 260 valence electrons. The van der Waals surface area contributed by atoms with Crippen molar-refractivity contribution in [2.45, 2.75) is 71.6 Å². The van der Waals surface area contributed by atoms with Gasteiger partial charge in [0, 0.05) is 68.8 Å². The van der Waals surface area contributed by atoms with Gasteiger partial charge in [-0.25, -0.2) is 0 Å². The molecule has 4 aromatic carbocycles. The second-order valence-electron chi connectivity index (χ2n) is 14.8. The van der Waals surface area contributed by atoms with Gasteiger partial charge in [-0.3, -0.25) is 0 Å². The van der Waals surface area contributed by atoms with Crippen molar-refractivity contribution < 1.29 is 4.58 Å². The molecule has 2 heterocycles. The summed E-state index contributed by atoms with van der Waals surface area (Å²) >= 11 is 7.25. The number of benzene rings is 4. The summed E-state index contributed by atoms with van der Waals surface area (Å²) in [4.78, 5) is 2.45. The van der Waals surface area contributed by atoms with Gasteiger partial charge >= 0.3 is 0 Å². The van der Waals surface area contributed by atoms with Gasteiger partial charge in [0.1, 0.15) is 6.54 Å². The topological polar surface area (TPSA) is 30.3 Å². The molecule has 5 heteroatoms. The van der Waals surface area contributed by atoms with Crippen molar-refractivity contribution in [3.8, 4) is 0 Å². The normalized spacial score (nSPS) is 19.3. The summed E-state index contributed by atoms with van der Waals surface area (Å²) in [6, 6.07) is 34.3. The summed E-state index contributed by atoms with van der Waals surface area (Å²) in [7, 11) is 0. The van der Waals surface area contributed by atoms with E-state index in [4.69, 9.17) is 11.6 Å². The Morgan fingerprint density at radius 2 is 1.33 bits per heavy atom. The van der Waals surface area contributed by atoms with Crippen molar-refractivity contribution in [2.24, 2.45) is 0 Å². The van der Waals surface area contributed by atoms with Crippen LogP contribution >= 0.6 is 11.6 Å². The minimum absolute atomic E-state index is 0.149. The highest BCUT2D eigenvalue weighted by Crippen LogP contribution is 2.49. The molecule has 0 atom stereocenters. The molecule has 2 N–H and O–H groups in total. The highest BCUT2D eigenvalue weighted by atomic mass is 35.5. The largest absolute Gasteiger partial charge is 0.356 e. The van der Waals surface area contributed by atoms with Gasteiger partial charge in [-0.05, 0) is 124 Å². The molecule has 0 aromatic heterocycles. The van der Waals surface area contributed by atoms with Crippen molar-refractivity contribution in [1.82, 2.24) is 0 Å². The van der Waals surface area contributed by atoms with E-state index in [0.717, 1.165) is 60.1 Å². The van der Waals surface area contributed by atoms with E-state index in [-0.39, 0.29) is 10.8 Å². The van der Waals surface area contributed by atoms with Crippen molar-refractivity contribution in [3.05, 3.63) is 154 Å². The first-order valence-electron chi connectivity index (χ1n) is 18.5. The van der Waals surface area contributed by atoms with Crippen LogP contribution in [0.1, 0.15) is 71.9 Å². The quantitative estimate of drug-likeness (QED) is 0.171. The van der Waals surface area contributed by atoms with Crippen LogP contribution in [0.15, 0.2) is 143 Å². The van der Waals surface area contributed by atoms with Crippen LogP contribution in [0, 0.1) is 0 Å². The van der Waals surface area contributed by atoms with Crippen LogP contribution in [0.25, 0.3) is 0 Å². The Balaban J connectivity index is 1.15. The van der Waals surface area contributed by atoms with Crippen molar-refractivity contribution in [3.63, 3.8) is 0 Å². The Morgan fingerprint density at radius 1 is 0.706 bits per heavy atom. The highest BCUT2D eigenvalue weighted by molar-refractivity contribution is 6.32. The number of nitrogens with one attached hydrogen (secondary N) is 2. The minimum Gasteiger partial charge on any atom is -0.356 e. The summed E-state index contributed by atoms with van der Waals surface area (Å²) in [5.41, 5.74) is 14.4. The fourth-order valence-electron chi connectivity index (χ4n) is 8.13. The number of halogens is 1. The lowest BCUT2D eigenvalue weighted by molar-refractivity contribution is -0.433. The van der Waals surface area contributed by atoms with Crippen LogP contribution in [0.3, 0.4) is 0 Å². The number of likely N-dealkylation sites (N-methyl/N-ethyl adjacent to an activating group) is 1. The lowest BCUT2D eigenvalue weighted by Gasteiger charge is -2.26. The van der Waals surface area contributed by atoms with E-state index in [2.05, 4.69) is 171 Å². The standard InChI is InChI=1S/C46H50ClN4/c1-7-50-40-26-24-36(48-34-18-11-9-12-19-34)30-38(40)45(3,4)42(50)28-22-32-16-15-17-33(44(32)47)23-29-43-46(5,6)39-31-37(25-27-41(39)51(43)8-2)49-35-20-13-10-14-21-35/h9-14,18-31,48-49H,7-8,15-17H2,1-6H3/q+1. The summed E-state index contributed by atoms with van der Waals surface area (Å²) in [5, 5.41) is 8.07. The molecule has 0 unspecified atom stereocenters. The van der Waals surface area contributed by atoms with E-state index in [9.17, 15) is 0 Å². The summed E-state index contributed by atoms with van der Waals surface area (Å²) in [5.74, 6) is 0. The molecule has 0 saturated heterocycles. The Morgan fingerprint density at radius 3 is 1.96 bits per heavy atom. The minimum atomic E-state index is -0.149. The van der Waals surface area contributed by atoms with Gasteiger partial charge in [0.15, 0.2) is 5.71 Å². The molecule has 0 bridgehead atoms. The number of allylic oxidation sites excluding steroid dienone is 8. The van der Waals surface area contributed by atoms with Crippen LogP contribution < -0.4 is 15.5 Å². The first-order chi connectivity index (χ1) is 24.6. The van der Waals surface area contributed by atoms with Gasteiger partial charge in [0.2, 0.25) is 5.69 Å². The molecule has 7 rings (SSSR count). The van der Waals surface area contributed by atoms with E-state index in [1.165, 1.54) is 45.1 Å². The molecular weight excluding hydrogens is 644 g/mol. The van der Waals surface area contributed by atoms with Crippen molar-refractivity contribution in [1.29, 1.82) is 0 Å². The second kappa shape index (κ2) is 14.1. The maximum atomic E-state index is 7.25. The number of fused-ring (bicyclic) bond motifs is 2. The fourth-order valence-corrected chi connectivity index (χ4v) is 8.45. The molecule has 2 aliphatic heterocycles. The Bertz CT molecular complexity index is 2100. The zero-order valence-electron chi connectivity index (χ0n) is 30.9. The number of hydrogen-bond acceptors (Lipinski definition) is 3. The Labute approximate surface area is 309 Å². The number of para-hydroxylation sites is 2. The van der Waals surface area contributed by atoms with Crippen LogP contribution in [0.4, 0.5) is 34.1 Å². The van der Waals surface area contributed by atoms with E-state index < -0.39 is 0 Å². The van der Waals surface area contributed by atoms with Crippen molar-refractivity contribution >= 4 is 51.4 Å². The molecule has 0 spiro atoms. The monoisotopic (exact) mass is 693 g/mol. The third-order valence-electron chi connectivity index (χ3n) is 10.9. The molecule has 4 aromatic rings. The van der Waals surface area contributed by atoms with Crippen LogP contribution in [0.2, 0.25) is 0 Å². The number of anilines is 5. The predicted octanol–water partition coefficient (Wildman–Crippen LogP) is 12.4. The lowest BCUT2D eigenvalue weighted by Crippen LogP contribution is -2.27. The molecule has 1 aliphatic carbocycles. The summed E-state index contributed by atoms with van der Waals surface area (Å²) < 4.78 is 2.45. The van der Waals surface area contributed by atoms with Crippen LogP contribution in [0.5, 0.6) is 0 Å². The Hall–Kier alpha value is -4.80. The molecule has 4 nitrogen and oxygen atoms in total. The van der Waals surface area contributed by atoms with Gasteiger partial charge in [-0.15, -0.1) is 0 Å². The summed E-state index contributed by atoms with van der Waals surface area (Å²) in [6.07, 6.45) is 12.3. The van der Waals surface area contributed by atoms with Gasteiger partial charge < -0.3 is 15.5 Å². The second-order valence-corrected chi connectivity index (χ2v) is 15.2. The molecular formula is C46H50ClN4+. The zero-order valence-corrected chi connectivity index (χ0v) is 31.6. The smallest absolute Gasteiger partial charge is 0.209 e.